The number of benzene rings is 3. The van der Waals surface area contributed by atoms with Gasteiger partial charge in [0.25, 0.3) is 11.6 Å². The Bertz CT molecular complexity index is 1450. The van der Waals surface area contributed by atoms with Crippen LogP contribution in [0.4, 0.5) is 11.4 Å². The highest BCUT2D eigenvalue weighted by Crippen LogP contribution is 2.37. The largest absolute Gasteiger partial charge is 0.494 e. The third-order valence-corrected chi connectivity index (χ3v) is 6.59. The van der Waals surface area contributed by atoms with E-state index in [-0.39, 0.29) is 18.2 Å². The van der Waals surface area contributed by atoms with Gasteiger partial charge in [-0.15, -0.1) is 6.58 Å². The van der Waals surface area contributed by atoms with Crippen molar-refractivity contribution in [1.82, 2.24) is 5.32 Å². The smallest absolute Gasteiger partial charge is 0.269 e. The molecule has 3 aromatic rings. The Morgan fingerprint density at radius 3 is 2.40 bits per heavy atom. The Kier molecular flexibility index (Phi) is 9.58. The van der Waals surface area contributed by atoms with Crippen molar-refractivity contribution in [1.29, 1.82) is 0 Å². The predicted octanol–water partition coefficient (Wildman–Crippen LogP) is 6.59. The second-order valence-electron chi connectivity index (χ2n) is 8.55. The van der Waals surface area contributed by atoms with Crippen LogP contribution in [0, 0.1) is 10.1 Å². The van der Waals surface area contributed by atoms with Gasteiger partial charge in [0.05, 0.1) is 28.7 Å². The SMILES string of the molecule is C=CCc1cc(/C=C2/SC(=Nc3ccc(OCC)cc3)NC2=O)cc(OCC)c1OCc1ccc([N+](=O)[O-])cc1. The van der Waals surface area contributed by atoms with E-state index in [1.807, 2.05) is 50.2 Å². The van der Waals surface area contributed by atoms with Gasteiger partial charge in [-0.25, -0.2) is 4.99 Å². The number of amidine groups is 1. The molecule has 1 aliphatic heterocycles. The Labute approximate surface area is 236 Å². The van der Waals surface area contributed by atoms with E-state index in [2.05, 4.69) is 16.9 Å². The van der Waals surface area contributed by atoms with Crippen molar-refractivity contribution >= 4 is 40.3 Å². The molecule has 3 aromatic carbocycles. The second-order valence-corrected chi connectivity index (χ2v) is 9.58. The quantitative estimate of drug-likeness (QED) is 0.115. The first-order valence-corrected chi connectivity index (χ1v) is 13.5. The van der Waals surface area contributed by atoms with Crippen LogP contribution in [0.3, 0.4) is 0 Å². The van der Waals surface area contributed by atoms with Crippen molar-refractivity contribution < 1.29 is 23.9 Å². The normalized spacial score (nSPS) is 14.7. The van der Waals surface area contributed by atoms with Crippen LogP contribution in [0.15, 0.2) is 83.2 Å². The lowest BCUT2D eigenvalue weighted by Crippen LogP contribution is -2.19. The minimum absolute atomic E-state index is 0.0185. The number of non-ortho nitro benzene ring substituents is 1. The first kappa shape index (κ1) is 28.4. The van der Waals surface area contributed by atoms with E-state index in [1.54, 1.807) is 24.3 Å². The number of nitro groups is 1. The topological polar surface area (TPSA) is 112 Å². The summed E-state index contributed by atoms with van der Waals surface area (Å²) in [6.45, 7) is 8.86. The zero-order valence-corrected chi connectivity index (χ0v) is 23.0. The van der Waals surface area contributed by atoms with Crippen LogP contribution >= 0.6 is 11.8 Å². The molecule has 0 radical (unpaired) electrons. The average molecular weight is 560 g/mol. The Morgan fingerprint density at radius 1 is 1.02 bits per heavy atom. The van der Waals surface area contributed by atoms with E-state index in [0.717, 1.165) is 22.4 Å². The zero-order valence-electron chi connectivity index (χ0n) is 22.2. The van der Waals surface area contributed by atoms with Gasteiger partial charge in [-0.3, -0.25) is 14.9 Å². The van der Waals surface area contributed by atoms with Crippen molar-refractivity contribution in [2.75, 3.05) is 13.2 Å². The molecule has 0 saturated carbocycles. The van der Waals surface area contributed by atoms with Crippen LogP contribution in [0.1, 0.15) is 30.5 Å². The molecule has 9 nitrogen and oxygen atoms in total. The number of amides is 1. The maximum absolute atomic E-state index is 12.7. The number of ether oxygens (including phenoxy) is 3. The summed E-state index contributed by atoms with van der Waals surface area (Å²) in [4.78, 5) is 28.2. The van der Waals surface area contributed by atoms with Crippen molar-refractivity contribution in [2.24, 2.45) is 4.99 Å². The molecule has 0 spiro atoms. The molecule has 4 rings (SSSR count). The number of carbonyl (C=O) groups is 1. The van der Waals surface area contributed by atoms with Crippen molar-refractivity contribution in [2.45, 2.75) is 26.9 Å². The molecule has 40 heavy (non-hydrogen) atoms. The van der Waals surface area contributed by atoms with E-state index < -0.39 is 4.92 Å². The molecule has 206 valence electrons. The summed E-state index contributed by atoms with van der Waals surface area (Å²) in [5.41, 5.74) is 3.10. The first-order valence-electron chi connectivity index (χ1n) is 12.7. The zero-order chi connectivity index (χ0) is 28.5. The number of rotatable bonds is 12. The van der Waals surface area contributed by atoms with Crippen LogP contribution in [0.5, 0.6) is 17.2 Å². The maximum atomic E-state index is 12.7. The van der Waals surface area contributed by atoms with Crippen LogP contribution in [0.2, 0.25) is 0 Å². The average Bonchev–Trinajstić information content (AvgIpc) is 3.28. The van der Waals surface area contributed by atoms with E-state index in [1.165, 1.54) is 23.9 Å². The van der Waals surface area contributed by atoms with E-state index >= 15 is 0 Å². The van der Waals surface area contributed by atoms with Crippen molar-refractivity contribution in [3.05, 3.63) is 105 Å². The fraction of sp³-hybridized carbons (Fsp3) is 0.200. The molecule has 1 aliphatic rings. The summed E-state index contributed by atoms with van der Waals surface area (Å²) in [6, 6.07) is 17.3. The summed E-state index contributed by atoms with van der Waals surface area (Å²) < 4.78 is 17.5. The molecule has 0 unspecified atom stereocenters. The van der Waals surface area contributed by atoms with Gasteiger partial charge in [0, 0.05) is 17.7 Å². The van der Waals surface area contributed by atoms with Crippen LogP contribution in [-0.4, -0.2) is 29.2 Å². The molecular weight excluding hydrogens is 530 g/mol. The lowest BCUT2D eigenvalue weighted by Gasteiger charge is -2.17. The molecule has 0 aromatic heterocycles. The van der Waals surface area contributed by atoms with Crippen LogP contribution < -0.4 is 19.5 Å². The Hall–Kier alpha value is -4.57. The Morgan fingerprint density at radius 2 is 1.75 bits per heavy atom. The molecule has 1 heterocycles. The molecular formula is C30H29N3O6S. The summed E-state index contributed by atoms with van der Waals surface area (Å²) in [5.74, 6) is 1.61. The molecule has 1 amide bonds. The summed E-state index contributed by atoms with van der Waals surface area (Å²) >= 11 is 1.26. The number of aliphatic imine (C=N–C) groups is 1. The van der Waals surface area contributed by atoms with Gasteiger partial charge in [0.1, 0.15) is 12.4 Å². The molecule has 0 bridgehead atoms. The van der Waals surface area contributed by atoms with E-state index in [4.69, 9.17) is 14.2 Å². The van der Waals surface area contributed by atoms with Gasteiger partial charge in [-0.1, -0.05) is 6.08 Å². The molecule has 10 heteroatoms. The number of thioether (sulfide) groups is 1. The lowest BCUT2D eigenvalue weighted by molar-refractivity contribution is -0.384. The van der Waals surface area contributed by atoms with Gasteiger partial charge < -0.3 is 19.5 Å². The number of carbonyl (C=O) groups excluding carboxylic acids is 1. The lowest BCUT2D eigenvalue weighted by atomic mass is 10.0. The number of nitro benzene ring substituents is 1. The Balaban J connectivity index is 1.57. The number of nitrogens with zero attached hydrogens (tertiary/aromatic N) is 2. The summed E-state index contributed by atoms with van der Waals surface area (Å²) in [5, 5.41) is 14.2. The standard InChI is InChI=1S/C30H29N3O6S/c1-4-7-22-16-21(17-26(38-6-3)28(22)39-19-20-8-12-24(13-9-20)33(35)36)18-27-29(34)32-30(40-27)31-23-10-14-25(15-11-23)37-5-2/h4,8-18H,1,5-7,19H2,2-3H3,(H,31,32,34)/b27-18+. The molecule has 0 aliphatic carbocycles. The highest BCUT2D eigenvalue weighted by molar-refractivity contribution is 8.18. The highest BCUT2D eigenvalue weighted by atomic mass is 32.2. The molecule has 1 fully saturated rings. The second kappa shape index (κ2) is 13.5. The monoisotopic (exact) mass is 559 g/mol. The molecule has 1 N–H and O–H groups in total. The van der Waals surface area contributed by atoms with Gasteiger partial charge in [-0.05, 0) is 97.8 Å². The highest BCUT2D eigenvalue weighted by Gasteiger charge is 2.24. The predicted molar refractivity (Wildman–Crippen MR) is 157 cm³/mol. The van der Waals surface area contributed by atoms with Crippen molar-refractivity contribution in [3.63, 3.8) is 0 Å². The maximum Gasteiger partial charge on any atom is 0.269 e. The third-order valence-electron chi connectivity index (χ3n) is 5.68. The fourth-order valence-corrected chi connectivity index (χ4v) is 4.74. The minimum atomic E-state index is -0.439. The number of nitrogens with one attached hydrogen (secondary N) is 1. The van der Waals surface area contributed by atoms with Gasteiger partial charge in [-0.2, -0.15) is 0 Å². The van der Waals surface area contributed by atoms with E-state index in [9.17, 15) is 14.9 Å². The van der Waals surface area contributed by atoms with Gasteiger partial charge in [0.2, 0.25) is 0 Å². The minimum Gasteiger partial charge on any atom is -0.494 e. The van der Waals surface area contributed by atoms with E-state index in [0.29, 0.717) is 46.9 Å². The number of allylic oxidation sites excluding steroid dienone is 1. The third kappa shape index (κ3) is 7.29. The molecule has 1 saturated heterocycles. The van der Waals surface area contributed by atoms with Gasteiger partial charge in [0.15, 0.2) is 16.7 Å². The summed E-state index contributed by atoms with van der Waals surface area (Å²) in [6.07, 6.45) is 4.06. The fourth-order valence-electron chi connectivity index (χ4n) is 3.90. The molecule has 0 atom stereocenters. The first-order chi connectivity index (χ1) is 19.4. The number of hydrogen-bond donors (Lipinski definition) is 1. The van der Waals surface area contributed by atoms with Crippen molar-refractivity contribution in [3.8, 4) is 17.2 Å². The van der Waals surface area contributed by atoms with Gasteiger partial charge >= 0.3 is 0 Å². The number of hydrogen-bond acceptors (Lipinski definition) is 8. The summed E-state index contributed by atoms with van der Waals surface area (Å²) in [7, 11) is 0. The van der Waals surface area contributed by atoms with Crippen LogP contribution in [0.25, 0.3) is 6.08 Å². The van der Waals surface area contributed by atoms with Crippen LogP contribution in [-0.2, 0) is 17.8 Å².